The highest BCUT2D eigenvalue weighted by molar-refractivity contribution is 7.03. The van der Waals surface area contributed by atoms with Crippen molar-refractivity contribution in [3.05, 3.63) is 10.9 Å². The van der Waals surface area contributed by atoms with Gasteiger partial charge in [0.15, 0.2) is 4.67 Å². The second-order valence-electron chi connectivity index (χ2n) is 1.77. The molecule has 0 radical (unpaired) electrons. The highest BCUT2D eigenvalue weighted by Gasteiger charge is 1.88. The van der Waals surface area contributed by atoms with Gasteiger partial charge in [0.05, 0.1) is 6.20 Å². The molecule has 0 aliphatic rings. The Morgan fingerprint density at radius 2 is 2.60 bits per heavy atom. The van der Waals surface area contributed by atoms with E-state index in [1.807, 2.05) is 0 Å². The average Bonchev–Trinajstić information content (AvgIpc) is 2.13. The van der Waals surface area contributed by atoms with Crippen LogP contribution in [0.4, 0.5) is 0 Å². The smallest absolute Gasteiger partial charge is 0.244 e. The predicted molar refractivity (Wildman–Crippen MR) is 37.3 cm³/mol. The number of nitrogens with zero attached hydrogens (tertiary/aromatic N) is 3. The van der Waals surface area contributed by atoms with Crippen LogP contribution in [-0.2, 0) is 11.8 Å². The predicted octanol–water partition coefficient (Wildman–Crippen LogP) is -0.0712. The number of hydrogen-bond acceptors (Lipinski definition) is 3. The molecule has 0 aliphatic heterocycles. The zero-order valence-corrected chi connectivity index (χ0v) is 6.55. The van der Waals surface area contributed by atoms with E-state index in [1.54, 1.807) is 17.3 Å². The van der Waals surface area contributed by atoms with Crippen molar-refractivity contribution in [3.63, 3.8) is 0 Å². The lowest BCUT2D eigenvalue weighted by Gasteiger charge is -1.76. The maximum Gasteiger partial charge on any atom is 0.244 e. The lowest BCUT2D eigenvalue weighted by Crippen LogP contribution is -1.95. The van der Waals surface area contributed by atoms with Crippen LogP contribution in [0.15, 0.2) is 11.2 Å². The Balaban J connectivity index is 3.05. The summed E-state index contributed by atoms with van der Waals surface area (Å²) in [6.45, 7) is 1.42. The van der Waals surface area contributed by atoms with Crippen LogP contribution in [0, 0.1) is 0 Å². The van der Waals surface area contributed by atoms with Gasteiger partial charge >= 0.3 is 0 Å². The van der Waals surface area contributed by atoms with Crippen LogP contribution >= 0.6 is 11.5 Å². The molecule has 1 amide bonds. The van der Waals surface area contributed by atoms with Crippen molar-refractivity contribution in [2.75, 3.05) is 0 Å². The van der Waals surface area contributed by atoms with Gasteiger partial charge < -0.3 is 0 Å². The van der Waals surface area contributed by atoms with Gasteiger partial charge in [0.1, 0.15) is 0 Å². The molecule has 0 atom stereocenters. The second-order valence-corrected chi connectivity index (χ2v) is 2.90. The van der Waals surface area contributed by atoms with Crippen LogP contribution in [-0.4, -0.2) is 15.1 Å². The summed E-state index contributed by atoms with van der Waals surface area (Å²) in [5.41, 5.74) is 0. The van der Waals surface area contributed by atoms with Crippen LogP contribution in [0.25, 0.3) is 0 Å². The summed E-state index contributed by atoms with van der Waals surface area (Å²) in [6, 6.07) is 0. The highest BCUT2D eigenvalue weighted by atomic mass is 32.1. The lowest BCUT2D eigenvalue weighted by molar-refractivity contribution is -0.116. The fraction of sp³-hybridized carbons (Fsp3) is 0.400. The van der Waals surface area contributed by atoms with E-state index >= 15 is 0 Å². The molecule has 1 aromatic rings. The number of carbonyl (C=O) groups is 1. The molecule has 0 fully saturated rings. The summed E-state index contributed by atoms with van der Waals surface area (Å²) in [5, 5.41) is 3.86. The van der Waals surface area contributed by atoms with E-state index in [9.17, 15) is 4.79 Å². The number of hydrogen-bond donors (Lipinski definition) is 0. The Labute approximate surface area is 62.0 Å². The summed E-state index contributed by atoms with van der Waals surface area (Å²) in [4.78, 5) is 14.1. The Hall–Kier alpha value is -0.970. The molecule has 0 N–H and O–H groups in total. The topological polar surface area (TPSA) is 47.2 Å². The van der Waals surface area contributed by atoms with Gasteiger partial charge in [-0.05, 0) is 11.5 Å². The van der Waals surface area contributed by atoms with Crippen molar-refractivity contribution in [3.8, 4) is 0 Å². The van der Waals surface area contributed by atoms with E-state index in [-0.39, 0.29) is 5.91 Å². The first kappa shape index (κ1) is 7.14. The summed E-state index contributed by atoms with van der Waals surface area (Å²) < 4.78 is 2.29. The molecule has 0 saturated carbocycles. The highest BCUT2D eigenvalue weighted by Crippen LogP contribution is 1.80. The molecule has 1 aromatic heterocycles. The zero-order chi connectivity index (χ0) is 7.56. The minimum atomic E-state index is -0.191. The van der Waals surface area contributed by atoms with Gasteiger partial charge in [0, 0.05) is 14.0 Å². The number of carbonyl (C=O) groups excluding carboxylic acids is 1. The van der Waals surface area contributed by atoms with Gasteiger partial charge in [0.2, 0.25) is 5.91 Å². The first-order valence-corrected chi connectivity index (χ1v) is 3.51. The third-order valence-electron chi connectivity index (χ3n) is 0.824. The monoisotopic (exact) mass is 157 g/mol. The molecule has 1 rings (SSSR count). The lowest BCUT2D eigenvalue weighted by atomic mass is 10.7. The van der Waals surface area contributed by atoms with Gasteiger partial charge in [-0.1, -0.05) is 0 Å². The van der Waals surface area contributed by atoms with Gasteiger partial charge in [0.25, 0.3) is 0 Å². The van der Waals surface area contributed by atoms with Crippen LogP contribution in [0.3, 0.4) is 0 Å². The zero-order valence-electron chi connectivity index (χ0n) is 5.74. The molecular formula is C5H7N3OS. The Morgan fingerprint density at radius 1 is 1.90 bits per heavy atom. The third-order valence-corrected chi connectivity index (χ3v) is 1.57. The van der Waals surface area contributed by atoms with E-state index in [0.29, 0.717) is 4.67 Å². The number of amides is 1. The average molecular weight is 157 g/mol. The fourth-order valence-corrected chi connectivity index (χ4v) is 1.15. The Morgan fingerprint density at radius 3 is 3.00 bits per heavy atom. The van der Waals surface area contributed by atoms with Gasteiger partial charge in [-0.2, -0.15) is 10.1 Å². The van der Waals surface area contributed by atoms with E-state index in [4.69, 9.17) is 0 Å². The van der Waals surface area contributed by atoms with E-state index in [1.165, 1.54) is 18.5 Å². The molecule has 0 spiro atoms. The van der Waals surface area contributed by atoms with Crippen molar-refractivity contribution < 1.29 is 4.79 Å². The van der Waals surface area contributed by atoms with Gasteiger partial charge in [-0.15, -0.1) is 0 Å². The summed E-state index contributed by atoms with van der Waals surface area (Å²) >= 11 is 1.33. The third kappa shape index (κ3) is 1.77. The minimum Gasteiger partial charge on any atom is -0.273 e. The first-order valence-electron chi connectivity index (χ1n) is 2.73. The molecule has 10 heavy (non-hydrogen) atoms. The largest absolute Gasteiger partial charge is 0.273 e. The first-order chi connectivity index (χ1) is 4.68. The molecule has 1 heterocycles. The standard InChI is InChI=1S/C5H7N3OS/c1-4(9)7-5-3-6-8(2)10-5/h3H,1-2H3. The number of aryl methyl sites for hydroxylation is 1. The molecule has 0 aliphatic carbocycles. The maximum absolute atomic E-state index is 10.4. The quantitative estimate of drug-likeness (QED) is 0.529. The summed E-state index contributed by atoms with van der Waals surface area (Å²) in [5.74, 6) is -0.191. The second kappa shape index (κ2) is 2.74. The summed E-state index contributed by atoms with van der Waals surface area (Å²) in [6.07, 6.45) is 1.56. The van der Waals surface area contributed by atoms with Crippen molar-refractivity contribution in [2.24, 2.45) is 12.0 Å². The van der Waals surface area contributed by atoms with Gasteiger partial charge in [-0.25, -0.2) is 4.07 Å². The molecule has 0 unspecified atom stereocenters. The SMILES string of the molecule is CC(=O)N=c1cnn(C)s1. The van der Waals surface area contributed by atoms with Crippen LogP contribution in [0.5, 0.6) is 0 Å². The molecule has 5 heteroatoms. The fourth-order valence-electron chi connectivity index (χ4n) is 0.518. The summed E-state index contributed by atoms with van der Waals surface area (Å²) in [7, 11) is 1.80. The Bertz CT molecular complexity index is 298. The minimum absolute atomic E-state index is 0.191. The maximum atomic E-state index is 10.4. The molecule has 54 valence electrons. The van der Waals surface area contributed by atoms with Gasteiger partial charge in [-0.3, -0.25) is 4.79 Å². The molecular weight excluding hydrogens is 150 g/mol. The van der Waals surface area contributed by atoms with E-state index in [0.717, 1.165) is 0 Å². The van der Waals surface area contributed by atoms with E-state index in [2.05, 4.69) is 10.1 Å². The van der Waals surface area contributed by atoms with Crippen LogP contribution in [0.2, 0.25) is 0 Å². The van der Waals surface area contributed by atoms with Crippen LogP contribution in [0.1, 0.15) is 6.92 Å². The number of aromatic nitrogens is 2. The molecule has 0 saturated heterocycles. The normalized spacial score (nSPS) is 12.0. The number of rotatable bonds is 0. The van der Waals surface area contributed by atoms with Crippen LogP contribution < -0.4 is 4.67 Å². The molecule has 0 bridgehead atoms. The molecule has 0 aromatic carbocycles. The van der Waals surface area contributed by atoms with Crippen molar-refractivity contribution in [1.82, 2.24) is 9.17 Å². The molecule has 4 nitrogen and oxygen atoms in total. The van der Waals surface area contributed by atoms with Crippen molar-refractivity contribution >= 4 is 17.4 Å². The van der Waals surface area contributed by atoms with Crippen molar-refractivity contribution in [2.45, 2.75) is 6.92 Å². The Kier molecular flexibility index (Phi) is 1.96. The van der Waals surface area contributed by atoms with E-state index < -0.39 is 0 Å². The van der Waals surface area contributed by atoms with Crippen molar-refractivity contribution in [1.29, 1.82) is 0 Å².